The fraction of sp³-hybridized carbons (Fsp3) is 0.150. The van der Waals surface area contributed by atoms with Crippen molar-refractivity contribution in [3.8, 4) is 10.6 Å². The second-order valence-electron chi connectivity index (χ2n) is 6.49. The minimum atomic E-state index is -0.368. The number of anilines is 1. The SMILES string of the molecule is CCc1nnc2sc(-c3ccc(C)c(NC(=S)NC(=O)c4ccccc4Cl)c3)nn12. The van der Waals surface area contributed by atoms with E-state index in [1.54, 1.807) is 28.8 Å². The average molecular weight is 457 g/mol. The molecule has 152 valence electrons. The van der Waals surface area contributed by atoms with Crippen LogP contribution in [0.1, 0.15) is 28.7 Å². The Morgan fingerprint density at radius 2 is 2.03 bits per heavy atom. The molecular weight excluding hydrogens is 440 g/mol. The Hall–Kier alpha value is -2.88. The summed E-state index contributed by atoms with van der Waals surface area (Å²) in [6, 6.07) is 12.7. The van der Waals surface area contributed by atoms with Crippen LogP contribution in [0.25, 0.3) is 15.5 Å². The van der Waals surface area contributed by atoms with Crippen LogP contribution >= 0.6 is 35.2 Å². The number of aryl methyl sites for hydroxylation is 2. The molecule has 4 rings (SSSR count). The third-order valence-corrected chi connectivity index (χ3v) is 5.93. The van der Waals surface area contributed by atoms with Gasteiger partial charge in [0.05, 0.1) is 10.6 Å². The molecule has 0 spiro atoms. The van der Waals surface area contributed by atoms with Gasteiger partial charge in [-0.15, -0.1) is 10.2 Å². The molecule has 0 fully saturated rings. The van der Waals surface area contributed by atoms with E-state index in [2.05, 4.69) is 25.9 Å². The molecule has 0 radical (unpaired) electrons. The summed E-state index contributed by atoms with van der Waals surface area (Å²) in [5, 5.41) is 20.0. The monoisotopic (exact) mass is 456 g/mol. The highest BCUT2D eigenvalue weighted by Crippen LogP contribution is 2.29. The number of aromatic nitrogens is 4. The van der Waals surface area contributed by atoms with Crippen molar-refractivity contribution in [1.82, 2.24) is 25.1 Å². The highest BCUT2D eigenvalue weighted by atomic mass is 35.5. The molecule has 7 nitrogen and oxygen atoms in total. The number of benzene rings is 2. The first-order valence-electron chi connectivity index (χ1n) is 9.15. The Kier molecular flexibility index (Phi) is 5.76. The largest absolute Gasteiger partial charge is 0.332 e. The molecule has 2 aromatic carbocycles. The zero-order valence-electron chi connectivity index (χ0n) is 16.1. The molecule has 4 aromatic rings. The summed E-state index contributed by atoms with van der Waals surface area (Å²) >= 11 is 12.9. The van der Waals surface area contributed by atoms with Gasteiger partial charge in [-0.2, -0.15) is 9.61 Å². The quantitative estimate of drug-likeness (QED) is 0.440. The first-order chi connectivity index (χ1) is 14.5. The lowest BCUT2D eigenvalue weighted by atomic mass is 10.1. The molecule has 2 aromatic heterocycles. The van der Waals surface area contributed by atoms with Gasteiger partial charge in [0.25, 0.3) is 5.91 Å². The zero-order chi connectivity index (χ0) is 21.3. The van der Waals surface area contributed by atoms with Crippen molar-refractivity contribution in [1.29, 1.82) is 0 Å². The molecule has 0 atom stereocenters. The van der Waals surface area contributed by atoms with E-state index < -0.39 is 0 Å². The summed E-state index contributed by atoms with van der Waals surface area (Å²) in [5.41, 5.74) is 3.03. The molecule has 0 aliphatic rings. The van der Waals surface area contributed by atoms with Gasteiger partial charge in [0.1, 0.15) is 5.01 Å². The van der Waals surface area contributed by atoms with Crippen molar-refractivity contribution in [2.45, 2.75) is 20.3 Å². The van der Waals surface area contributed by atoms with Crippen LogP contribution in [0.3, 0.4) is 0 Å². The van der Waals surface area contributed by atoms with Gasteiger partial charge in [0.2, 0.25) is 4.96 Å². The molecule has 0 aliphatic carbocycles. The van der Waals surface area contributed by atoms with Crippen LogP contribution in [0.2, 0.25) is 5.02 Å². The van der Waals surface area contributed by atoms with E-state index in [0.29, 0.717) is 10.6 Å². The number of hydrogen-bond acceptors (Lipinski definition) is 6. The van der Waals surface area contributed by atoms with E-state index in [-0.39, 0.29) is 11.0 Å². The maximum atomic E-state index is 12.4. The number of hydrogen-bond donors (Lipinski definition) is 2. The highest BCUT2D eigenvalue weighted by molar-refractivity contribution is 7.80. The Balaban J connectivity index is 1.54. The van der Waals surface area contributed by atoms with Gasteiger partial charge in [-0.1, -0.05) is 54.1 Å². The van der Waals surface area contributed by atoms with E-state index in [1.165, 1.54) is 11.3 Å². The van der Waals surface area contributed by atoms with Crippen molar-refractivity contribution in [3.05, 3.63) is 64.4 Å². The number of carbonyl (C=O) groups excluding carboxylic acids is 1. The van der Waals surface area contributed by atoms with Crippen LogP contribution < -0.4 is 10.6 Å². The van der Waals surface area contributed by atoms with Crippen LogP contribution in [-0.4, -0.2) is 30.8 Å². The van der Waals surface area contributed by atoms with E-state index in [1.807, 2.05) is 32.0 Å². The van der Waals surface area contributed by atoms with Crippen molar-refractivity contribution < 1.29 is 4.79 Å². The number of nitrogens with one attached hydrogen (secondary N) is 2. The van der Waals surface area contributed by atoms with Crippen molar-refractivity contribution in [2.24, 2.45) is 0 Å². The van der Waals surface area contributed by atoms with Crippen LogP contribution in [0.15, 0.2) is 42.5 Å². The van der Waals surface area contributed by atoms with Gasteiger partial charge in [0, 0.05) is 17.7 Å². The second-order valence-corrected chi connectivity index (χ2v) is 8.26. The molecule has 0 unspecified atom stereocenters. The normalized spacial score (nSPS) is 10.9. The van der Waals surface area contributed by atoms with Crippen molar-refractivity contribution in [2.75, 3.05) is 5.32 Å². The fourth-order valence-corrected chi connectivity index (χ4v) is 4.13. The van der Waals surface area contributed by atoms with Crippen molar-refractivity contribution in [3.63, 3.8) is 0 Å². The molecule has 10 heteroatoms. The van der Waals surface area contributed by atoms with Gasteiger partial charge >= 0.3 is 0 Å². The van der Waals surface area contributed by atoms with Crippen LogP contribution in [-0.2, 0) is 6.42 Å². The molecule has 0 bridgehead atoms. The zero-order valence-corrected chi connectivity index (χ0v) is 18.5. The second kappa shape index (κ2) is 8.47. The lowest BCUT2D eigenvalue weighted by molar-refractivity contribution is 0.0978. The van der Waals surface area contributed by atoms with Crippen LogP contribution in [0.5, 0.6) is 0 Å². The fourth-order valence-electron chi connectivity index (χ4n) is 2.85. The summed E-state index contributed by atoms with van der Waals surface area (Å²) in [6.45, 7) is 3.97. The Labute approximate surface area is 187 Å². The van der Waals surface area contributed by atoms with Gasteiger partial charge in [-0.3, -0.25) is 10.1 Å². The Bertz CT molecular complexity index is 1270. The van der Waals surface area contributed by atoms with Gasteiger partial charge in [-0.05, 0) is 42.9 Å². The molecule has 0 aliphatic heterocycles. The summed E-state index contributed by atoms with van der Waals surface area (Å²) in [7, 11) is 0. The average Bonchev–Trinajstić information content (AvgIpc) is 3.30. The predicted octanol–water partition coefficient (Wildman–Crippen LogP) is 4.50. The summed E-state index contributed by atoms with van der Waals surface area (Å²) in [6.07, 6.45) is 0.754. The standard InChI is InChI=1S/C20H17ClN6OS2/c1-3-16-24-25-20-27(16)26-18(30-20)12-9-8-11(2)15(10-12)22-19(29)23-17(28)13-6-4-5-7-14(13)21/h4-10H,3H2,1-2H3,(H2,22,23,28,29). The smallest absolute Gasteiger partial charge is 0.258 e. The van der Waals surface area contributed by atoms with Gasteiger partial charge < -0.3 is 5.32 Å². The molecule has 1 amide bonds. The third-order valence-electron chi connectivity index (χ3n) is 4.45. The number of carbonyl (C=O) groups is 1. The van der Waals surface area contributed by atoms with E-state index in [4.69, 9.17) is 23.8 Å². The number of amides is 1. The molecule has 0 saturated carbocycles. The Morgan fingerprint density at radius 1 is 1.23 bits per heavy atom. The topological polar surface area (TPSA) is 84.2 Å². The molecule has 2 N–H and O–H groups in total. The molecule has 30 heavy (non-hydrogen) atoms. The number of halogens is 1. The lowest BCUT2D eigenvalue weighted by Crippen LogP contribution is -2.34. The maximum absolute atomic E-state index is 12.4. The first kappa shape index (κ1) is 20.4. The molecule has 0 saturated heterocycles. The van der Waals surface area contributed by atoms with Gasteiger partial charge in [0.15, 0.2) is 10.9 Å². The minimum absolute atomic E-state index is 0.187. The van der Waals surface area contributed by atoms with E-state index >= 15 is 0 Å². The molecule has 2 heterocycles. The Morgan fingerprint density at radius 3 is 2.80 bits per heavy atom. The minimum Gasteiger partial charge on any atom is -0.332 e. The van der Waals surface area contributed by atoms with Crippen LogP contribution in [0.4, 0.5) is 5.69 Å². The lowest BCUT2D eigenvalue weighted by Gasteiger charge is -2.13. The third kappa shape index (κ3) is 4.04. The van der Waals surface area contributed by atoms with E-state index in [9.17, 15) is 4.79 Å². The number of fused-ring (bicyclic) bond motifs is 1. The summed E-state index contributed by atoms with van der Waals surface area (Å²) in [4.78, 5) is 13.2. The number of thiocarbonyl (C=S) groups is 1. The molecular formula is C20H17ClN6OS2. The summed E-state index contributed by atoms with van der Waals surface area (Å²) in [5.74, 6) is 0.453. The maximum Gasteiger partial charge on any atom is 0.258 e. The van der Waals surface area contributed by atoms with Gasteiger partial charge in [-0.25, -0.2) is 0 Å². The summed E-state index contributed by atoms with van der Waals surface area (Å²) < 4.78 is 1.77. The first-order valence-corrected chi connectivity index (χ1v) is 10.8. The highest BCUT2D eigenvalue weighted by Gasteiger charge is 2.15. The number of rotatable bonds is 4. The van der Waals surface area contributed by atoms with E-state index in [0.717, 1.165) is 39.0 Å². The predicted molar refractivity (Wildman–Crippen MR) is 123 cm³/mol. The number of nitrogens with zero attached hydrogens (tertiary/aromatic N) is 4. The van der Waals surface area contributed by atoms with Crippen LogP contribution in [0, 0.1) is 6.92 Å². The van der Waals surface area contributed by atoms with Crippen molar-refractivity contribution >= 4 is 56.8 Å².